The van der Waals surface area contributed by atoms with Crippen molar-refractivity contribution < 1.29 is 19.1 Å². The normalized spacial score (nSPS) is 13.5. The average molecular weight is 335 g/mol. The minimum absolute atomic E-state index is 0.231. The topological polar surface area (TPSA) is 137 Å². The summed E-state index contributed by atoms with van der Waals surface area (Å²) < 4.78 is 13.9. The van der Waals surface area contributed by atoms with Gasteiger partial charge in [0.1, 0.15) is 17.6 Å². The van der Waals surface area contributed by atoms with Crippen LogP contribution >= 0.6 is 0 Å². The van der Waals surface area contributed by atoms with Crippen LogP contribution in [0, 0.1) is 5.82 Å². The molecule has 8 nitrogen and oxygen atoms in total. The second-order valence-corrected chi connectivity index (χ2v) is 5.38. The Hall–Kier alpha value is -2.65. The molecule has 1 aromatic heterocycles. The van der Waals surface area contributed by atoms with Gasteiger partial charge in [-0.3, -0.25) is 9.59 Å². The Morgan fingerprint density at radius 3 is 2.42 bits per heavy atom. The molecule has 0 fully saturated rings. The number of benzene rings is 1. The van der Waals surface area contributed by atoms with Gasteiger partial charge in [0.15, 0.2) is 0 Å². The summed E-state index contributed by atoms with van der Waals surface area (Å²) in [6.07, 6.45) is 2.33. The lowest BCUT2D eigenvalue weighted by Gasteiger charge is -2.10. The highest BCUT2D eigenvalue weighted by Gasteiger charge is 2.19. The second kappa shape index (κ2) is 7.75. The van der Waals surface area contributed by atoms with Crippen molar-refractivity contribution in [1.29, 1.82) is 0 Å². The Bertz CT molecular complexity index is 716. The first-order valence-electron chi connectivity index (χ1n) is 7.35. The average Bonchev–Trinajstić information content (AvgIpc) is 3.04. The maximum atomic E-state index is 12.9. The summed E-state index contributed by atoms with van der Waals surface area (Å²) in [5, 5.41) is 16.3. The van der Waals surface area contributed by atoms with Gasteiger partial charge in [-0.05, 0) is 43.5 Å². The molecular weight excluding hydrogens is 317 g/mol. The summed E-state index contributed by atoms with van der Waals surface area (Å²) in [7, 11) is 0. The van der Waals surface area contributed by atoms with E-state index in [-0.39, 0.29) is 18.7 Å². The Labute approximate surface area is 137 Å². The number of carbonyl (C=O) groups excluding carboxylic acids is 1. The van der Waals surface area contributed by atoms with Crippen molar-refractivity contribution in [3.8, 4) is 11.3 Å². The number of nitrogens with two attached hydrogens (primary N) is 2. The lowest BCUT2D eigenvalue weighted by atomic mass is 10.1. The van der Waals surface area contributed by atoms with Crippen LogP contribution in [0.3, 0.4) is 0 Å². The number of hydrogen-bond acceptors (Lipinski definition) is 6. The van der Waals surface area contributed by atoms with Gasteiger partial charge in [0.25, 0.3) is 5.91 Å². The van der Waals surface area contributed by atoms with E-state index in [2.05, 4.69) is 10.3 Å². The molecule has 9 heteroatoms. The summed E-state index contributed by atoms with van der Waals surface area (Å²) in [5.41, 5.74) is 12.2. The van der Waals surface area contributed by atoms with Crippen molar-refractivity contribution in [2.45, 2.75) is 31.3 Å². The second-order valence-electron chi connectivity index (χ2n) is 5.38. The van der Waals surface area contributed by atoms with Gasteiger partial charge in [-0.1, -0.05) is 5.21 Å². The highest BCUT2D eigenvalue weighted by molar-refractivity contribution is 5.83. The molecule has 2 atom stereocenters. The van der Waals surface area contributed by atoms with E-state index in [0.717, 1.165) is 4.68 Å². The Morgan fingerprint density at radius 2 is 1.79 bits per heavy atom. The predicted octanol–water partition coefficient (Wildman–Crippen LogP) is 0.634. The number of carbonyl (C=O) groups is 2. The quantitative estimate of drug-likeness (QED) is 0.675. The zero-order chi connectivity index (χ0) is 17.7. The van der Waals surface area contributed by atoms with Gasteiger partial charge in [0.2, 0.25) is 0 Å². The molecule has 1 heterocycles. The molecule has 0 aliphatic heterocycles. The van der Waals surface area contributed by atoms with Gasteiger partial charge in [0, 0.05) is 5.56 Å². The number of nitrogens with zero attached hydrogens (tertiary/aromatic N) is 3. The molecule has 0 aliphatic rings. The number of aliphatic carboxylic acids is 1. The lowest BCUT2D eigenvalue weighted by Crippen LogP contribution is -2.36. The fourth-order valence-electron chi connectivity index (χ4n) is 2.10. The van der Waals surface area contributed by atoms with Crippen molar-refractivity contribution in [1.82, 2.24) is 15.0 Å². The van der Waals surface area contributed by atoms with E-state index >= 15 is 0 Å². The minimum atomic E-state index is -1.09. The predicted molar refractivity (Wildman–Crippen MR) is 83.5 cm³/mol. The fourth-order valence-corrected chi connectivity index (χ4v) is 2.10. The molecule has 2 rings (SSSR count). The van der Waals surface area contributed by atoms with Gasteiger partial charge in [-0.2, -0.15) is 4.68 Å². The maximum Gasteiger partial charge on any atom is 0.320 e. The molecule has 5 N–H and O–H groups in total. The first kappa shape index (κ1) is 17.7. The molecule has 24 heavy (non-hydrogen) atoms. The first-order valence-corrected chi connectivity index (χ1v) is 7.35. The number of aromatic nitrogens is 3. The summed E-state index contributed by atoms with van der Waals surface area (Å²) >= 11 is 0. The Balaban J connectivity index is 1.95. The third-order valence-corrected chi connectivity index (χ3v) is 3.52. The number of carboxylic acids is 1. The van der Waals surface area contributed by atoms with Crippen LogP contribution < -0.4 is 11.5 Å². The largest absolute Gasteiger partial charge is 0.480 e. The van der Waals surface area contributed by atoms with Crippen LogP contribution in [0.25, 0.3) is 11.3 Å². The third-order valence-electron chi connectivity index (χ3n) is 3.52. The molecular formula is C15H18FN5O3. The summed E-state index contributed by atoms with van der Waals surface area (Å²) in [6.45, 7) is 0. The standard InChI is InChI=1S/C15H18FN5O3/c16-10-6-4-9(5-7-10)13-8-21(20-19-13)14(22)11(17)2-1-3-12(18)15(23)24/h4-8,11-12H,1-3,17-18H2,(H,23,24)/t11?,12-/m0/s1. The maximum absolute atomic E-state index is 12.9. The molecule has 0 radical (unpaired) electrons. The van der Waals surface area contributed by atoms with E-state index in [4.69, 9.17) is 16.6 Å². The molecule has 1 aromatic carbocycles. The highest BCUT2D eigenvalue weighted by atomic mass is 19.1. The SMILES string of the molecule is NC(CCC[C@H](N)C(=O)O)C(=O)n1cc(-c2ccc(F)cc2)nn1. The Morgan fingerprint density at radius 1 is 1.17 bits per heavy atom. The summed E-state index contributed by atoms with van der Waals surface area (Å²) in [4.78, 5) is 22.8. The zero-order valence-electron chi connectivity index (χ0n) is 12.8. The molecule has 2 aromatic rings. The van der Waals surface area contributed by atoms with Crippen LogP contribution in [0.15, 0.2) is 30.5 Å². The van der Waals surface area contributed by atoms with Crippen molar-refractivity contribution in [2.75, 3.05) is 0 Å². The van der Waals surface area contributed by atoms with Gasteiger partial charge in [-0.15, -0.1) is 5.10 Å². The number of rotatable bonds is 7. The molecule has 128 valence electrons. The molecule has 0 spiro atoms. The van der Waals surface area contributed by atoms with Crippen molar-refractivity contribution >= 4 is 11.9 Å². The van der Waals surface area contributed by atoms with Crippen LogP contribution in [-0.4, -0.2) is 44.1 Å². The number of carboxylic acid groups (broad SMARTS) is 1. The van der Waals surface area contributed by atoms with Gasteiger partial charge < -0.3 is 16.6 Å². The third kappa shape index (κ3) is 4.43. The lowest BCUT2D eigenvalue weighted by molar-refractivity contribution is -0.138. The molecule has 0 aliphatic carbocycles. The molecule has 1 unspecified atom stereocenters. The highest BCUT2D eigenvalue weighted by Crippen LogP contribution is 2.16. The van der Waals surface area contributed by atoms with Gasteiger partial charge >= 0.3 is 5.97 Å². The van der Waals surface area contributed by atoms with Crippen LogP contribution in [-0.2, 0) is 4.79 Å². The van der Waals surface area contributed by atoms with Crippen LogP contribution in [0.2, 0.25) is 0 Å². The van der Waals surface area contributed by atoms with Crippen molar-refractivity contribution in [2.24, 2.45) is 11.5 Å². The summed E-state index contributed by atoms with van der Waals surface area (Å²) in [5.74, 6) is -1.92. The van der Waals surface area contributed by atoms with E-state index in [1.54, 1.807) is 0 Å². The van der Waals surface area contributed by atoms with E-state index < -0.39 is 24.0 Å². The van der Waals surface area contributed by atoms with Crippen LogP contribution in [0.4, 0.5) is 4.39 Å². The fraction of sp³-hybridized carbons (Fsp3) is 0.333. The number of halogens is 1. The van der Waals surface area contributed by atoms with Crippen molar-refractivity contribution in [3.63, 3.8) is 0 Å². The van der Waals surface area contributed by atoms with E-state index in [9.17, 15) is 14.0 Å². The monoisotopic (exact) mass is 335 g/mol. The molecule has 0 amide bonds. The van der Waals surface area contributed by atoms with Gasteiger partial charge in [0.05, 0.1) is 12.2 Å². The molecule has 0 saturated carbocycles. The van der Waals surface area contributed by atoms with Crippen LogP contribution in [0.5, 0.6) is 0 Å². The first-order chi connectivity index (χ1) is 11.4. The minimum Gasteiger partial charge on any atom is -0.480 e. The van der Waals surface area contributed by atoms with E-state index in [1.807, 2.05) is 0 Å². The van der Waals surface area contributed by atoms with Crippen molar-refractivity contribution in [3.05, 3.63) is 36.3 Å². The van der Waals surface area contributed by atoms with E-state index in [1.165, 1.54) is 30.5 Å². The van der Waals surface area contributed by atoms with Crippen LogP contribution in [0.1, 0.15) is 24.1 Å². The zero-order valence-corrected chi connectivity index (χ0v) is 12.8. The number of hydrogen-bond donors (Lipinski definition) is 3. The van der Waals surface area contributed by atoms with Gasteiger partial charge in [-0.25, -0.2) is 4.39 Å². The molecule has 0 saturated heterocycles. The summed E-state index contributed by atoms with van der Waals surface area (Å²) in [6, 6.07) is 3.82. The smallest absolute Gasteiger partial charge is 0.320 e. The molecule has 0 bridgehead atoms. The Kier molecular flexibility index (Phi) is 5.72. The van der Waals surface area contributed by atoms with E-state index in [0.29, 0.717) is 17.7 Å².